The molecular weight excluding hydrogens is 302 g/mol. The highest BCUT2D eigenvalue weighted by atomic mass is 16.6. The van der Waals surface area contributed by atoms with Crippen LogP contribution in [0.5, 0.6) is 0 Å². The second-order valence-electron chi connectivity index (χ2n) is 6.62. The number of nitrogens with one attached hydrogen (secondary N) is 1. The van der Waals surface area contributed by atoms with Crippen LogP contribution in [-0.2, 0) is 6.54 Å². The van der Waals surface area contributed by atoms with Gasteiger partial charge in [-0.3, -0.25) is 10.1 Å². The smallest absolute Gasteiger partial charge is 0.269 e. The number of piperazine rings is 1. The van der Waals surface area contributed by atoms with Gasteiger partial charge in [-0.25, -0.2) is 0 Å². The molecule has 126 valence electrons. The predicted molar refractivity (Wildman–Crippen MR) is 95.6 cm³/mol. The molecule has 1 aliphatic rings. The number of aryl methyl sites for hydroxylation is 2. The summed E-state index contributed by atoms with van der Waals surface area (Å²) in [6.45, 7) is 9.54. The number of hydrogen-bond acceptors (Lipinski definition) is 3. The summed E-state index contributed by atoms with van der Waals surface area (Å²) in [5.41, 5.74) is 5.35. The number of nitro benzene ring substituents is 1. The average Bonchev–Trinajstić information content (AvgIpc) is 2.59. The molecule has 1 fully saturated rings. The first kappa shape index (κ1) is 16.5. The maximum absolute atomic E-state index is 10.7. The van der Waals surface area contributed by atoms with Crippen molar-refractivity contribution in [3.8, 4) is 0 Å². The minimum atomic E-state index is -0.351. The van der Waals surface area contributed by atoms with E-state index in [9.17, 15) is 10.1 Å². The zero-order valence-corrected chi connectivity index (χ0v) is 14.3. The minimum absolute atomic E-state index is 0.151. The van der Waals surface area contributed by atoms with Crippen molar-refractivity contribution in [1.82, 2.24) is 0 Å². The van der Waals surface area contributed by atoms with Crippen molar-refractivity contribution in [2.45, 2.75) is 20.4 Å². The second-order valence-corrected chi connectivity index (χ2v) is 6.62. The fraction of sp³-hybridized carbons (Fsp3) is 0.368. The molecule has 0 radical (unpaired) electrons. The van der Waals surface area contributed by atoms with E-state index in [-0.39, 0.29) is 10.6 Å². The van der Waals surface area contributed by atoms with E-state index in [1.54, 1.807) is 17.0 Å². The quantitative estimate of drug-likeness (QED) is 0.692. The Labute approximate surface area is 142 Å². The van der Waals surface area contributed by atoms with E-state index in [0.29, 0.717) is 0 Å². The fourth-order valence-corrected chi connectivity index (χ4v) is 3.30. The largest absolute Gasteiger partial charge is 0.360 e. The molecule has 0 unspecified atom stereocenters. The summed E-state index contributed by atoms with van der Waals surface area (Å²) in [6, 6.07) is 13.6. The molecule has 1 saturated heterocycles. The molecule has 0 atom stereocenters. The molecule has 5 nitrogen and oxygen atoms in total. The van der Waals surface area contributed by atoms with Gasteiger partial charge in [0.15, 0.2) is 0 Å². The number of hydrogen-bond donors (Lipinski definition) is 1. The summed E-state index contributed by atoms with van der Waals surface area (Å²) >= 11 is 0. The van der Waals surface area contributed by atoms with Crippen LogP contribution in [0, 0.1) is 24.0 Å². The molecule has 0 amide bonds. The number of non-ortho nitro benzene ring substituents is 1. The van der Waals surface area contributed by atoms with Crippen LogP contribution in [0.3, 0.4) is 0 Å². The van der Waals surface area contributed by atoms with Gasteiger partial charge in [0.25, 0.3) is 5.69 Å². The van der Waals surface area contributed by atoms with Crippen molar-refractivity contribution >= 4 is 11.4 Å². The van der Waals surface area contributed by atoms with E-state index in [4.69, 9.17) is 0 Å². The van der Waals surface area contributed by atoms with E-state index < -0.39 is 0 Å². The van der Waals surface area contributed by atoms with Gasteiger partial charge in [-0.05, 0) is 31.5 Å². The van der Waals surface area contributed by atoms with Crippen LogP contribution in [-0.4, -0.2) is 31.1 Å². The van der Waals surface area contributed by atoms with Crippen molar-refractivity contribution < 1.29 is 9.82 Å². The number of benzene rings is 2. The number of anilines is 1. The molecule has 0 aliphatic carbocycles. The van der Waals surface area contributed by atoms with E-state index >= 15 is 0 Å². The van der Waals surface area contributed by atoms with Crippen molar-refractivity contribution in [3.05, 3.63) is 69.3 Å². The summed E-state index contributed by atoms with van der Waals surface area (Å²) < 4.78 is 0. The lowest BCUT2D eigenvalue weighted by Crippen LogP contribution is -3.13. The van der Waals surface area contributed by atoms with E-state index in [0.717, 1.165) is 38.4 Å². The zero-order valence-electron chi connectivity index (χ0n) is 14.3. The summed E-state index contributed by atoms with van der Waals surface area (Å²) in [5, 5.41) is 10.7. The zero-order chi connectivity index (χ0) is 17.1. The first-order valence-corrected chi connectivity index (χ1v) is 8.42. The molecule has 0 bridgehead atoms. The van der Waals surface area contributed by atoms with Crippen LogP contribution in [0.1, 0.15) is 16.7 Å². The molecule has 1 N–H and O–H groups in total. The van der Waals surface area contributed by atoms with Crippen LogP contribution >= 0.6 is 0 Å². The minimum Gasteiger partial charge on any atom is -0.360 e. The van der Waals surface area contributed by atoms with Gasteiger partial charge in [-0.1, -0.05) is 23.8 Å². The third-order valence-electron chi connectivity index (χ3n) is 4.84. The molecule has 3 rings (SSSR count). The molecule has 0 spiro atoms. The Hall–Kier alpha value is -2.40. The first-order chi connectivity index (χ1) is 11.5. The summed E-state index contributed by atoms with van der Waals surface area (Å²) in [5.74, 6) is 0. The van der Waals surface area contributed by atoms with E-state index in [2.05, 4.69) is 36.9 Å². The summed E-state index contributed by atoms with van der Waals surface area (Å²) in [4.78, 5) is 14.3. The van der Waals surface area contributed by atoms with E-state index in [1.165, 1.54) is 16.7 Å². The Bertz CT molecular complexity index is 720. The lowest BCUT2D eigenvalue weighted by Gasteiger charge is -2.34. The summed E-state index contributed by atoms with van der Waals surface area (Å²) in [7, 11) is 0. The molecule has 0 saturated carbocycles. The number of nitrogens with zero attached hydrogens (tertiary/aromatic N) is 2. The highest BCUT2D eigenvalue weighted by molar-refractivity contribution is 5.51. The van der Waals surface area contributed by atoms with Crippen molar-refractivity contribution in [1.29, 1.82) is 0 Å². The second kappa shape index (κ2) is 7.01. The van der Waals surface area contributed by atoms with Crippen molar-refractivity contribution in [2.24, 2.45) is 0 Å². The van der Waals surface area contributed by atoms with Crippen LogP contribution < -0.4 is 9.80 Å². The maximum atomic E-state index is 10.7. The lowest BCUT2D eigenvalue weighted by atomic mass is 10.0. The highest BCUT2D eigenvalue weighted by Gasteiger charge is 2.21. The number of rotatable bonds is 4. The molecule has 5 heteroatoms. The van der Waals surface area contributed by atoms with Gasteiger partial charge in [0.1, 0.15) is 6.54 Å². The van der Waals surface area contributed by atoms with Crippen LogP contribution in [0.25, 0.3) is 0 Å². The van der Waals surface area contributed by atoms with E-state index in [1.807, 2.05) is 12.1 Å². The average molecular weight is 326 g/mol. The number of nitro groups is 1. The molecule has 1 aliphatic heterocycles. The molecule has 2 aromatic rings. The van der Waals surface area contributed by atoms with Gasteiger partial charge >= 0.3 is 0 Å². The van der Waals surface area contributed by atoms with Gasteiger partial charge in [0.05, 0.1) is 31.1 Å². The molecule has 1 heterocycles. The Morgan fingerprint density at radius 3 is 2.38 bits per heavy atom. The van der Waals surface area contributed by atoms with Gasteiger partial charge < -0.3 is 9.80 Å². The van der Waals surface area contributed by atoms with Crippen LogP contribution in [0.15, 0.2) is 42.5 Å². The van der Waals surface area contributed by atoms with Crippen molar-refractivity contribution in [3.63, 3.8) is 0 Å². The SMILES string of the molecule is Cc1ccc(C)c(C[NH+]2CCN(c3ccc([N+](=O)[O-])cc3)CC2)c1. The molecule has 2 aromatic carbocycles. The Morgan fingerprint density at radius 1 is 1.08 bits per heavy atom. The summed E-state index contributed by atoms with van der Waals surface area (Å²) in [6.07, 6.45) is 0. The standard InChI is InChI=1S/C19H23N3O2/c1-15-3-4-16(2)17(13-15)14-20-9-11-21(12-10-20)18-5-7-19(8-6-18)22(23)24/h3-8,13H,9-12,14H2,1-2H3/p+1. The Morgan fingerprint density at radius 2 is 1.75 bits per heavy atom. The van der Waals surface area contributed by atoms with Gasteiger partial charge in [-0.2, -0.15) is 0 Å². The monoisotopic (exact) mass is 326 g/mol. The fourth-order valence-electron chi connectivity index (χ4n) is 3.30. The maximum Gasteiger partial charge on any atom is 0.269 e. The van der Waals surface area contributed by atoms with Gasteiger partial charge in [0, 0.05) is 23.4 Å². The van der Waals surface area contributed by atoms with Crippen molar-refractivity contribution in [2.75, 3.05) is 31.1 Å². The Balaban J connectivity index is 1.59. The number of quaternary nitrogens is 1. The van der Waals surface area contributed by atoms with Gasteiger partial charge in [0.2, 0.25) is 0 Å². The predicted octanol–water partition coefficient (Wildman–Crippen LogP) is 2.12. The van der Waals surface area contributed by atoms with Crippen LogP contribution in [0.2, 0.25) is 0 Å². The third kappa shape index (κ3) is 3.74. The molecule has 24 heavy (non-hydrogen) atoms. The topological polar surface area (TPSA) is 50.8 Å². The Kier molecular flexibility index (Phi) is 4.81. The lowest BCUT2D eigenvalue weighted by molar-refractivity contribution is -0.914. The molecule has 0 aromatic heterocycles. The highest BCUT2D eigenvalue weighted by Crippen LogP contribution is 2.19. The third-order valence-corrected chi connectivity index (χ3v) is 4.84. The van der Waals surface area contributed by atoms with Gasteiger partial charge in [-0.15, -0.1) is 0 Å². The molecular formula is C19H24N3O2+. The normalized spacial score (nSPS) is 15.5. The first-order valence-electron chi connectivity index (χ1n) is 8.42. The van der Waals surface area contributed by atoms with Crippen LogP contribution in [0.4, 0.5) is 11.4 Å².